The lowest BCUT2D eigenvalue weighted by molar-refractivity contribution is 0.252. The quantitative estimate of drug-likeness (QED) is 0.434. The molecule has 0 aliphatic rings. The lowest BCUT2D eigenvalue weighted by atomic mass is 10.2. The Hall–Kier alpha value is -4.13. The monoisotopic (exact) mass is 414 g/mol. The van der Waals surface area contributed by atoms with Crippen molar-refractivity contribution in [1.82, 2.24) is 15.3 Å². The molecule has 2 N–H and O–H groups in total. The standard InChI is InChI=1S/C24H22N4O3/c1-17-7-10-21(11-8-17)31-22-12-9-19(15-26-22)28-24(29)25-14-13-20-16-30-23(27-20)18-5-3-2-4-6-18/h2-12,15-16H,13-14H2,1H3,(H2,25,28,29). The van der Waals surface area contributed by atoms with Gasteiger partial charge in [-0.05, 0) is 37.3 Å². The molecule has 0 aliphatic heterocycles. The molecule has 2 amide bonds. The van der Waals surface area contributed by atoms with Crippen LogP contribution in [0.3, 0.4) is 0 Å². The molecule has 156 valence electrons. The first-order valence-corrected chi connectivity index (χ1v) is 9.91. The molecule has 0 radical (unpaired) electrons. The van der Waals surface area contributed by atoms with Crippen LogP contribution in [0.4, 0.5) is 10.5 Å². The number of aryl methyl sites for hydroxylation is 1. The number of oxazole rings is 1. The average molecular weight is 414 g/mol. The fourth-order valence-electron chi connectivity index (χ4n) is 2.86. The summed E-state index contributed by atoms with van der Waals surface area (Å²) in [6.45, 7) is 2.44. The zero-order valence-electron chi connectivity index (χ0n) is 17.0. The maximum Gasteiger partial charge on any atom is 0.319 e. The molecule has 2 heterocycles. The van der Waals surface area contributed by atoms with Crippen LogP contribution < -0.4 is 15.4 Å². The summed E-state index contributed by atoms with van der Waals surface area (Å²) in [6.07, 6.45) is 3.72. The van der Waals surface area contributed by atoms with Crippen LogP contribution >= 0.6 is 0 Å². The molecule has 2 aromatic heterocycles. The van der Waals surface area contributed by atoms with Crippen LogP contribution in [0.25, 0.3) is 11.5 Å². The first-order chi connectivity index (χ1) is 15.2. The molecular formula is C24H22N4O3. The minimum atomic E-state index is -0.319. The highest BCUT2D eigenvalue weighted by Gasteiger charge is 2.07. The minimum Gasteiger partial charge on any atom is -0.444 e. The average Bonchev–Trinajstić information content (AvgIpc) is 3.26. The molecule has 31 heavy (non-hydrogen) atoms. The summed E-state index contributed by atoms with van der Waals surface area (Å²) in [7, 11) is 0. The molecule has 0 saturated carbocycles. The van der Waals surface area contributed by atoms with Gasteiger partial charge in [0.2, 0.25) is 11.8 Å². The number of nitrogens with zero attached hydrogens (tertiary/aromatic N) is 2. The number of carbonyl (C=O) groups is 1. The van der Waals surface area contributed by atoms with E-state index in [2.05, 4.69) is 20.6 Å². The predicted molar refractivity (Wildman–Crippen MR) is 118 cm³/mol. The van der Waals surface area contributed by atoms with Gasteiger partial charge in [0.05, 0.1) is 17.6 Å². The Bertz CT molecular complexity index is 1120. The van der Waals surface area contributed by atoms with E-state index < -0.39 is 0 Å². The van der Waals surface area contributed by atoms with E-state index in [0.29, 0.717) is 36.2 Å². The van der Waals surface area contributed by atoms with Crippen LogP contribution in [0.5, 0.6) is 11.6 Å². The fraction of sp³-hybridized carbons (Fsp3) is 0.125. The molecule has 2 aromatic carbocycles. The SMILES string of the molecule is Cc1ccc(Oc2ccc(NC(=O)NCCc3coc(-c4ccccc4)n3)cn2)cc1. The number of hydrogen-bond acceptors (Lipinski definition) is 5. The molecule has 7 heteroatoms. The van der Waals surface area contributed by atoms with Crippen molar-refractivity contribution in [2.75, 3.05) is 11.9 Å². The third-order valence-corrected chi connectivity index (χ3v) is 4.48. The van der Waals surface area contributed by atoms with Gasteiger partial charge in [0.1, 0.15) is 12.0 Å². The van der Waals surface area contributed by atoms with Crippen molar-refractivity contribution < 1.29 is 13.9 Å². The molecule has 0 bridgehead atoms. The van der Waals surface area contributed by atoms with Gasteiger partial charge in [0.15, 0.2) is 0 Å². The number of anilines is 1. The number of aromatic nitrogens is 2. The van der Waals surface area contributed by atoms with Crippen LogP contribution in [-0.4, -0.2) is 22.5 Å². The molecular weight excluding hydrogens is 392 g/mol. The van der Waals surface area contributed by atoms with Gasteiger partial charge in [-0.2, -0.15) is 0 Å². The maximum atomic E-state index is 12.1. The van der Waals surface area contributed by atoms with Gasteiger partial charge in [0.25, 0.3) is 0 Å². The van der Waals surface area contributed by atoms with Gasteiger partial charge < -0.3 is 19.8 Å². The van der Waals surface area contributed by atoms with Crippen LogP contribution in [0, 0.1) is 6.92 Å². The highest BCUT2D eigenvalue weighted by Crippen LogP contribution is 2.21. The predicted octanol–water partition coefficient (Wildman–Crippen LogP) is 5.20. The van der Waals surface area contributed by atoms with Crippen molar-refractivity contribution in [2.45, 2.75) is 13.3 Å². The normalized spacial score (nSPS) is 10.5. The Labute approximate surface area is 180 Å². The second kappa shape index (κ2) is 9.58. The molecule has 0 aliphatic carbocycles. The van der Waals surface area contributed by atoms with E-state index >= 15 is 0 Å². The summed E-state index contributed by atoms with van der Waals surface area (Å²) in [4.78, 5) is 20.8. The van der Waals surface area contributed by atoms with E-state index in [1.807, 2.05) is 61.5 Å². The molecule has 4 aromatic rings. The number of amides is 2. The summed E-state index contributed by atoms with van der Waals surface area (Å²) >= 11 is 0. The minimum absolute atomic E-state index is 0.319. The van der Waals surface area contributed by atoms with Crippen molar-refractivity contribution in [2.24, 2.45) is 0 Å². The lowest BCUT2D eigenvalue weighted by Crippen LogP contribution is -2.30. The Kier molecular flexibility index (Phi) is 6.23. The van der Waals surface area contributed by atoms with Crippen LogP contribution in [-0.2, 0) is 6.42 Å². The number of urea groups is 1. The van der Waals surface area contributed by atoms with Gasteiger partial charge in [0, 0.05) is 24.6 Å². The third kappa shape index (κ3) is 5.70. The largest absolute Gasteiger partial charge is 0.444 e. The Morgan fingerprint density at radius 2 is 1.84 bits per heavy atom. The summed E-state index contributed by atoms with van der Waals surface area (Å²) in [5.74, 6) is 1.73. The van der Waals surface area contributed by atoms with Crippen LogP contribution in [0.15, 0.2) is 83.6 Å². The summed E-state index contributed by atoms with van der Waals surface area (Å²) < 4.78 is 11.2. The molecule has 7 nitrogen and oxygen atoms in total. The molecule has 0 atom stereocenters. The number of benzene rings is 2. The Morgan fingerprint density at radius 1 is 1.03 bits per heavy atom. The first-order valence-electron chi connectivity index (χ1n) is 9.91. The molecule has 0 unspecified atom stereocenters. The smallest absolute Gasteiger partial charge is 0.319 e. The number of rotatable bonds is 7. The van der Waals surface area contributed by atoms with Gasteiger partial charge in [-0.1, -0.05) is 35.9 Å². The highest BCUT2D eigenvalue weighted by molar-refractivity contribution is 5.89. The highest BCUT2D eigenvalue weighted by atomic mass is 16.5. The zero-order chi connectivity index (χ0) is 21.5. The molecule has 0 fully saturated rings. The lowest BCUT2D eigenvalue weighted by Gasteiger charge is -2.08. The number of ether oxygens (including phenoxy) is 1. The number of hydrogen-bond donors (Lipinski definition) is 2. The molecule has 0 saturated heterocycles. The second-order valence-corrected chi connectivity index (χ2v) is 6.94. The summed E-state index contributed by atoms with van der Waals surface area (Å²) in [5.41, 5.74) is 3.42. The molecule has 4 rings (SSSR count). The topological polar surface area (TPSA) is 89.3 Å². The Balaban J connectivity index is 1.23. The zero-order valence-corrected chi connectivity index (χ0v) is 17.0. The number of pyridine rings is 1. The summed E-state index contributed by atoms with van der Waals surface area (Å²) in [6, 6.07) is 20.5. The fourth-order valence-corrected chi connectivity index (χ4v) is 2.86. The van der Waals surface area contributed by atoms with Gasteiger partial charge >= 0.3 is 6.03 Å². The van der Waals surface area contributed by atoms with E-state index in [0.717, 1.165) is 16.8 Å². The van der Waals surface area contributed by atoms with Gasteiger partial charge in [-0.3, -0.25) is 0 Å². The van der Waals surface area contributed by atoms with Crippen LogP contribution in [0.1, 0.15) is 11.3 Å². The van der Waals surface area contributed by atoms with E-state index in [1.165, 1.54) is 0 Å². The van der Waals surface area contributed by atoms with Crippen molar-refractivity contribution in [3.8, 4) is 23.1 Å². The number of nitrogens with one attached hydrogen (secondary N) is 2. The van der Waals surface area contributed by atoms with E-state index in [1.54, 1.807) is 24.6 Å². The third-order valence-electron chi connectivity index (χ3n) is 4.48. The second-order valence-electron chi connectivity index (χ2n) is 6.94. The van der Waals surface area contributed by atoms with Crippen molar-refractivity contribution in [3.05, 3.63) is 90.4 Å². The first kappa shape index (κ1) is 20.2. The Morgan fingerprint density at radius 3 is 2.58 bits per heavy atom. The van der Waals surface area contributed by atoms with E-state index in [-0.39, 0.29) is 6.03 Å². The van der Waals surface area contributed by atoms with Crippen molar-refractivity contribution in [1.29, 1.82) is 0 Å². The summed E-state index contributed by atoms with van der Waals surface area (Å²) in [5, 5.41) is 5.54. The van der Waals surface area contributed by atoms with Crippen LogP contribution in [0.2, 0.25) is 0 Å². The van der Waals surface area contributed by atoms with E-state index in [9.17, 15) is 4.79 Å². The van der Waals surface area contributed by atoms with Crippen molar-refractivity contribution >= 4 is 11.7 Å². The van der Waals surface area contributed by atoms with E-state index in [4.69, 9.17) is 9.15 Å². The molecule has 0 spiro atoms. The van der Waals surface area contributed by atoms with Gasteiger partial charge in [-0.25, -0.2) is 14.8 Å². The number of carbonyl (C=O) groups excluding carboxylic acids is 1. The maximum absolute atomic E-state index is 12.1. The van der Waals surface area contributed by atoms with Gasteiger partial charge in [-0.15, -0.1) is 0 Å². The van der Waals surface area contributed by atoms with Crippen molar-refractivity contribution in [3.63, 3.8) is 0 Å².